The highest BCUT2D eigenvalue weighted by Gasteiger charge is 2.19. The van der Waals surface area contributed by atoms with E-state index in [0.717, 1.165) is 54.4 Å². The molecule has 0 spiro atoms. The minimum atomic E-state index is -0.247. The second-order valence-corrected chi connectivity index (χ2v) is 9.04. The minimum Gasteiger partial charge on any atom is -0.393 e. The molecule has 1 saturated carbocycles. The van der Waals surface area contributed by atoms with Gasteiger partial charge in [-0.2, -0.15) is 5.10 Å². The SMILES string of the molecule is CC(C)c1cnnc(Nc2ccc3ncc(C(C=N)C=NCC4CCC(O)CC4)cc3n2)c1. The molecule has 0 amide bonds. The number of pyridine rings is 2. The number of hydrogen-bond donors (Lipinski definition) is 3. The van der Waals surface area contributed by atoms with Crippen LogP contribution in [0.25, 0.3) is 11.0 Å². The van der Waals surface area contributed by atoms with E-state index in [-0.39, 0.29) is 12.0 Å². The first-order valence-corrected chi connectivity index (χ1v) is 11.6. The van der Waals surface area contributed by atoms with Crippen LogP contribution in [0.3, 0.4) is 0 Å². The Balaban J connectivity index is 1.48. The molecule has 33 heavy (non-hydrogen) atoms. The number of rotatable bonds is 8. The first-order chi connectivity index (χ1) is 16.0. The molecule has 172 valence electrons. The van der Waals surface area contributed by atoms with Gasteiger partial charge in [-0.15, -0.1) is 5.10 Å². The lowest BCUT2D eigenvalue weighted by molar-refractivity contribution is 0.110. The van der Waals surface area contributed by atoms with Crippen LogP contribution in [0.4, 0.5) is 11.6 Å². The molecule has 3 N–H and O–H groups in total. The summed E-state index contributed by atoms with van der Waals surface area (Å²) in [5.41, 5.74) is 3.51. The Labute approximate surface area is 194 Å². The number of hydrogen-bond acceptors (Lipinski definition) is 8. The molecule has 3 heterocycles. The zero-order valence-corrected chi connectivity index (χ0v) is 19.1. The lowest BCUT2D eigenvalue weighted by atomic mass is 9.87. The minimum absolute atomic E-state index is 0.152. The predicted molar refractivity (Wildman–Crippen MR) is 132 cm³/mol. The Kier molecular flexibility index (Phi) is 7.34. The molecule has 4 rings (SSSR count). The van der Waals surface area contributed by atoms with Crippen LogP contribution in [0.2, 0.25) is 0 Å². The summed E-state index contributed by atoms with van der Waals surface area (Å²) in [5.74, 6) is 1.94. The summed E-state index contributed by atoms with van der Waals surface area (Å²) >= 11 is 0. The third kappa shape index (κ3) is 5.96. The van der Waals surface area contributed by atoms with Crippen LogP contribution < -0.4 is 5.32 Å². The normalized spacial score (nSPS) is 19.8. The number of aliphatic hydroxyl groups is 1. The summed E-state index contributed by atoms with van der Waals surface area (Å²) in [6.45, 7) is 4.97. The fourth-order valence-electron chi connectivity index (χ4n) is 4.04. The standard InChI is InChI=1S/C25H31N7O/c1-16(2)18-10-25(32-29-15-18)31-24-8-7-22-23(30-24)9-19(14-28-22)20(11-26)13-27-12-17-3-5-21(33)6-4-17/h7-11,13-17,20-21,26,33H,3-6,12H2,1-2H3,(H,30,31,32). The molecule has 3 aromatic rings. The van der Waals surface area contributed by atoms with Crippen molar-refractivity contribution in [1.82, 2.24) is 20.2 Å². The number of aromatic nitrogens is 4. The highest BCUT2D eigenvalue weighted by molar-refractivity contribution is 5.90. The summed E-state index contributed by atoms with van der Waals surface area (Å²) < 4.78 is 0. The maximum Gasteiger partial charge on any atom is 0.154 e. The van der Waals surface area contributed by atoms with Crippen molar-refractivity contribution in [1.29, 1.82) is 5.41 Å². The van der Waals surface area contributed by atoms with Gasteiger partial charge in [0.2, 0.25) is 0 Å². The molecular weight excluding hydrogens is 414 g/mol. The van der Waals surface area contributed by atoms with Gasteiger partial charge in [0.15, 0.2) is 5.82 Å². The molecule has 3 aromatic heterocycles. The molecule has 1 fully saturated rings. The Morgan fingerprint density at radius 2 is 1.91 bits per heavy atom. The van der Waals surface area contributed by atoms with E-state index in [4.69, 9.17) is 10.4 Å². The molecule has 1 atom stereocenters. The van der Waals surface area contributed by atoms with Crippen LogP contribution in [0.15, 0.2) is 41.7 Å². The van der Waals surface area contributed by atoms with Crippen LogP contribution >= 0.6 is 0 Å². The molecule has 0 aromatic carbocycles. The van der Waals surface area contributed by atoms with Crippen molar-refractivity contribution in [3.05, 3.63) is 47.8 Å². The first kappa shape index (κ1) is 22.9. The molecule has 0 radical (unpaired) electrons. The number of nitrogens with one attached hydrogen (secondary N) is 2. The van der Waals surface area contributed by atoms with E-state index in [1.54, 1.807) is 12.4 Å². The summed E-state index contributed by atoms with van der Waals surface area (Å²) in [6.07, 6.45) is 10.4. The van der Waals surface area contributed by atoms with Crippen LogP contribution in [0.1, 0.15) is 62.5 Å². The highest BCUT2D eigenvalue weighted by atomic mass is 16.3. The van der Waals surface area contributed by atoms with Gasteiger partial charge in [-0.25, -0.2) is 4.98 Å². The van der Waals surface area contributed by atoms with Gasteiger partial charge in [-0.3, -0.25) is 9.98 Å². The zero-order valence-electron chi connectivity index (χ0n) is 19.1. The maximum atomic E-state index is 9.66. The third-order valence-corrected chi connectivity index (χ3v) is 6.17. The maximum absolute atomic E-state index is 9.66. The van der Waals surface area contributed by atoms with Gasteiger partial charge in [0.1, 0.15) is 5.82 Å². The van der Waals surface area contributed by atoms with Crippen molar-refractivity contribution in [3.8, 4) is 0 Å². The molecular formula is C25H31N7O. The first-order valence-electron chi connectivity index (χ1n) is 11.6. The van der Waals surface area contributed by atoms with Gasteiger partial charge >= 0.3 is 0 Å². The molecule has 0 aliphatic heterocycles. The molecule has 1 aliphatic rings. The Morgan fingerprint density at radius 3 is 2.67 bits per heavy atom. The number of aliphatic imine (C=N–C) groups is 1. The van der Waals surface area contributed by atoms with E-state index in [2.05, 4.69) is 39.3 Å². The lowest BCUT2D eigenvalue weighted by Gasteiger charge is -2.23. The third-order valence-electron chi connectivity index (χ3n) is 6.17. The molecule has 1 aliphatic carbocycles. The molecule has 0 saturated heterocycles. The monoisotopic (exact) mass is 445 g/mol. The van der Waals surface area contributed by atoms with Crippen LogP contribution in [0.5, 0.6) is 0 Å². The van der Waals surface area contributed by atoms with Gasteiger partial charge in [0.05, 0.1) is 29.3 Å². The molecule has 8 heteroatoms. The number of aliphatic hydroxyl groups excluding tert-OH is 1. The zero-order chi connectivity index (χ0) is 23.2. The van der Waals surface area contributed by atoms with E-state index in [1.165, 1.54) is 6.21 Å². The Bertz CT molecular complexity index is 1120. The molecule has 0 bridgehead atoms. The van der Waals surface area contributed by atoms with Gasteiger partial charge in [0.25, 0.3) is 0 Å². The van der Waals surface area contributed by atoms with Crippen molar-refractivity contribution >= 4 is 35.1 Å². The fraction of sp³-hybridized carbons (Fsp3) is 0.440. The van der Waals surface area contributed by atoms with E-state index < -0.39 is 0 Å². The Morgan fingerprint density at radius 1 is 1.09 bits per heavy atom. The van der Waals surface area contributed by atoms with E-state index in [1.807, 2.05) is 30.5 Å². The van der Waals surface area contributed by atoms with Crippen molar-refractivity contribution < 1.29 is 5.11 Å². The topological polar surface area (TPSA) is 120 Å². The van der Waals surface area contributed by atoms with E-state index in [0.29, 0.717) is 23.5 Å². The lowest BCUT2D eigenvalue weighted by Crippen LogP contribution is -2.20. The van der Waals surface area contributed by atoms with Crippen LogP contribution in [-0.2, 0) is 0 Å². The smallest absolute Gasteiger partial charge is 0.154 e. The van der Waals surface area contributed by atoms with Crippen LogP contribution in [-0.4, -0.2) is 50.3 Å². The van der Waals surface area contributed by atoms with E-state index >= 15 is 0 Å². The average Bonchev–Trinajstić information content (AvgIpc) is 2.83. The quantitative estimate of drug-likeness (QED) is 0.434. The molecule has 1 unspecified atom stereocenters. The van der Waals surface area contributed by atoms with Gasteiger partial charge in [-0.05, 0) is 72.9 Å². The molecule has 8 nitrogen and oxygen atoms in total. The van der Waals surface area contributed by atoms with Gasteiger partial charge in [0, 0.05) is 25.2 Å². The fourth-order valence-corrected chi connectivity index (χ4v) is 4.04. The van der Waals surface area contributed by atoms with Crippen molar-refractivity contribution in [2.45, 2.75) is 57.5 Å². The van der Waals surface area contributed by atoms with Gasteiger partial charge < -0.3 is 15.8 Å². The predicted octanol–water partition coefficient (Wildman–Crippen LogP) is 4.64. The largest absolute Gasteiger partial charge is 0.393 e. The number of anilines is 2. The van der Waals surface area contributed by atoms with Crippen molar-refractivity contribution in [2.75, 3.05) is 11.9 Å². The summed E-state index contributed by atoms with van der Waals surface area (Å²) in [6, 6.07) is 7.73. The summed E-state index contributed by atoms with van der Waals surface area (Å²) in [4.78, 5) is 13.8. The highest BCUT2D eigenvalue weighted by Crippen LogP contribution is 2.25. The second kappa shape index (κ2) is 10.6. The Hall–Kier alpha value is -3.26. The number of fused-ring (bicyclic) bond motifs is 1. The van der Waals surface area contributed by atoms with Gasteiger partial charge in [-0.1, -0.05) is 13.8 Å². The summed E-state index contributed by atoms with van der Waals surface area (Å²) in [5, 5.41) is 29.0. The number of nitrogens with zero attached hydrogens (tertiary/aromatic N) is 5. The average molecular weight is 446 g/mol. The summed E-state index contributed by atoms with van der Waals surface area (Å²) in [7, 11) is 0. The van der Waals surface area contributed by atoms with Crippen LogP contribution in [0, 0.1) is 11.3 Å². The van der Waals surface area contributed by atoms with Crippen molar-refractivity contribution in [3.63, 3.8) is 0 Å². The van der Waals surface area contributed by atoms with Crippen molar-refractivity contribution in [2.24, 2.45) is 10.9 Å². The second-order valence-electron chi connectivity index (χ2n) is 9.04. The van der Waals surface area contributed by atoms with E-state index in [9.17, 15) is 5.11 Å².